The van der Waals surface area contributed by atoms with Gasteiger partial charge in [-0.15, -0.1) is 0 Å². The van der Waals surface area contributed by atoms with E-state index < -0.39 is 0 Å². The molecule has 0 fully saturated rings. The van der Waals surface area contributed by atoms with Crippen molar-refractivity contribution in [1.82, 2.24) is 14.9 Å². The van der Waals surface area contributed by atoms with Crippen molar-refractivity contribution >= 4 is 11.3 Å². The molecule has 5 heteroatoms. The van der Waals surface area contributed by atoms with Crippen LogP contribution >= 0.6 is 11.3 Å². The van der Waals surface area contributed by atoms with Crippen molar-refractivity contribution in [1.29, 1.82) is 0 Å². The number of thiophene rings is 1. The minimum absolute atomic E-state index is 0.738. The Balaban J connectivity index is 1.74. The fraction of sp³-hybridized carbons (Fsp3) is 0.429. The number of ether oxygens (including phenoxy) is 1. The van der Waals surface area contributed by atoms with E-state index in [-0.39, 0.29) is 0 Å². The van der Waals surface area contributed by atoms with Gasteiger partial charge in [0.05, 0.1) is 12.8 Å². The Morgan fingerprint density at radius 1 is 1.32 bits per heavy atom. The van der Waals surface area contributed by atoms with Crippen molar-refractivity contribution in [3.8, 4) is 5.88 Å². The summed E-state index contributed by atoms with van der Waals surface area (Å²) < 4.78 is 5.34. The molecule has 4 nitrogen and oxygen atoms in total. The number of aromatic nitrogens is 2. The maximum absolute atomic E-state index is 5.34. The van der Waals surface area contributed by atoms with Crippen LogP contribution in [0.3, 0.4) is 0 Å². The van der Waals surface area contributed by atoms with E-state index >= 15 is 0 Å². The first kappa shape index (κ1) is 12.6. The number of nitrogens with zero attached hydrogens (tertiary/aromatic N) is 3. The summed E-state index contributed by atoms with van der Waals surface area (Å²) in [7, 11) is 1.68. The van der Waals surface area contributed by atoms with E-state index in [1.807, 2.05) is 0 Å². The summed E-state index contributed by atoms with van der Waals surface area (Å²) in [5, 5.41) is 4.36. The van der Waals surface area contributed by atoms with Crippen LogP contribution in [0.2, 0.25) is 0 Å². The molecule has 0 saturated carbocycles. The van der Waals surface area contributed by atoms with Gasteiger partial charge in [0.1, 0.15) is 6.33 Å². The Morgan fingerprint density at radius 3 is 3.00 bits per heavy atom. The zero-order chi connectivity index (χ0) is 13.1. The second-order valence-electron chi connectivity index (χ2n) is 4.72. The predicted molar refractivity (Wildman–Crippen MR) is 75.6 cm³/mol. The van der Waals surface area contributed by atoms with E-state index in [9.17, 15) is 0 Å². The van der Waals surface area contributed by atoms with Crippen LogP contribution in [0.15, 0.2) is 23.2 Å². The zero-order valence-corrected chi connectivity index (χ0v) is 11.8. The third-order valence-electron chi connectivity index (χ3n) is 3.52. The predicted octanol–water partition coefficient (Wildman–Crippen LogP) is 2.15. The quantitative estimate of drug-likeness (QED) is 0.860. The van der Waals surface area contributed by atoms with Gasteiger partial charge in [-0.1, -0.05) is 0 Å². The summed E-state index contributed by atoms with van der Waals surface area (Å²) in [6, 6.07) is 2.20. The van der Waals surface area contributed by atoms with Gasteiger partial charge >= 0.3 is 0 Å². The molecule has 2 aromatic heterocycles. The molecule has 0 aliphatic carbocycles. The number of hydrogen-bond donors (Lipinski definition) is 0. The average molecular weight is 275 g/mol. The van der Waals surface area contributed by atoms with Crippen molar-refractivity contribution in [3.63, 3.8) is 0 Å². The number of fused-ring (bicyclic) bond motifs is 1. The monoisotopic (exact) mass is 275 g/mol. The second kappa shape index (κ2) is 5.67. The molecule has 1 aliphatic heterocycles. The first-order chi connectivity index (χ1) is 9.36. The third-order valence-corrected chi connectivity index (χ3v) is 4.25. The summed E-state index contributed by atoms with van der Waals surface area (Å²) in [5.41, 5.74) is 3.71. The van der Waals surface area contributed by atoms with Crippen molar-refractivity contribution in [3.05, 3.63) is 40.0 Å². The Labute approximate surface area is 117 Å². The maximum atomic E-state index is 5.34. The lowest BCUT2D eigenvalue weighted by Gasteiger charge is -2.18. The van der Waals surface area contributed by atoms with Crippen molar-refractivity contribution in [2.45, 2.75) is 19.4 Å². The maximum Gasteiger partial charge on any atom is 0.219 e. The SMILES string of the molecule is COc1ncnc2c1CCN(Cc1ccsc1)CC2. The van der Waals surface area contributed by atoms with E-state index in [2.05, 4.69) is 31.7 Å². The minimum Gasteiger partial charge on any atom is -0.481 e. The van der Waals surface area contributed by atoms with Crippen molar-refractivity contribution < 1.29 is 4.74 Å². The molecule has 0 amide bonds. The van der Waals surface area contributed by atoms with E-state index in [0.717, 1.165) is 44.0 Å². The zero-order valence-electron chi connectivity index (χ0n) is 11.0. The van der Waals surface area contributed by atoms with E-state index in [0.29, 0.717) is 0 Å². The Kier molecular flexibility index (Phi) is 3.75. The van der Waals surface area contributed by atoms with Gasteiger partial charge in [-0.3, -0.25) is 4.90 Å². The van der Waals surface area contributed by atoms with Crippen molar-refractivity contribution in [2.24, 2.45) is 0 Å². The lowest BCUT2D eigenvalue weighted by Crippen LogP contribution is -2.25. The molecule has 100 valence electrons. The van der Waals surface area contributed by atoms with Crippen LogP contribution in [0.1, 0.15) is 16.8 Å². The van der Waals surface area contributed by atoms with Gasteiger partial charge in [0.2, 0.25) is 5.88 Å². The smallest absolute Gasteiger partial charge is 0.219 e. The number of hydrogen-bond acceptors (Lipinski definition) is 5. The lowest BCUT2D eigenvalue weighted by atomic mass is 10.1. The molecule has 0 aromatic carbocycles. The van der Waals surface area contributed by atoms with E-state index in [4.69, 9.17) is 4.74 Å². The molecule has 0 bridgehead atoms. The Morgan fingerprint density at radius 2 is 2.21 bits per heavy atom. The van der Waals surface area contributed by atoms with Crippen LogP contribution in [0, 0.1) is 0 Å². The highest BCUT2D eigenvalue weighted by atomic mass is 32.1. The average Bonchev–Trinajstić information content (AvgIpc) is 2.86. The van der Waals surface area contributed by atoms with Crippen LogP contribution in [0.4, 0.5) is 0 Å². The first-order valence-corrected chi connectivity index (χ1v) is 7.41. The molecule has 0 atom stereocenters. The van der Waals surface area contributed by atoms with E-state index in [1.54, 1.807) is 24.8 Å². The van der Waals surface area contributed by atoms with Crippen LogP contribution in [0.25, 0.3) is 0 Å². The standard InChI is InChI=1S/C14H17N3OS/c1-18-14-12-2-5-17(8-11-4-7-19-9-11)6-3-13(12)15-10-16-14/h4,7,9-10H,2-3,5-6,8H2,1H3. The Hall–Kier alpha value is -1.46. The highest BCUT2D eigenvalue weighted by Crippen LogP contribution is 2.22. The first-order valence-electron chi connectivity index (χ1n) is 6.47. The molecular weight excluding hydrogens is 258 g/mol. The second-order valence-corrected chi connectivity index (χ2v) is 5.50. The van der Waals surface area contributed by atoms with Crippen LogP contribution in [0.5, 0.6) is 5.88 Å². The number of methoxy groups -OCH3 is 1. The molecular formula is C14H17N3OS. The van der Waals surface area contributed by atoms with E-state index in [1.165, 1.54) is 11.1 Å². The highest BCUT2D eigenvalue weighted by molar-refractivity contribution is 7.07. The topological polar surface area (TPSA) is 38.3 Å². The summed E-state index contributed by atoms with van der Waals surface area (Å²) in [5.74, 6) is 0.738. The normalized spacial score (nSPS) is 15.8. The number of rotatable bonds is 3. The summed E-state index contributed by atoms with van der Waals surface area (Å²) >= 11 is 1.76. The van der Waals surface area contributed by atoms with Gasteiger partial charge in [0.15, 0.2) is 0 Å². The highest BCUT2D eigenvalue weighted by Gasteiger charge is 2.18. The molecule has 1 aliphatic rings. The molecule has 19 heavy (non-hydrogen) atoms. The molecule has 0 N–H and O–H groups in total. The summed E-state index contributed by atoms with van der Waals surface area (Å²) in [6.45, 7) is 3.10. The van der Waals surface area contributed by atoms with Gasteiger partial charge in [0.25, 0.3) is 0 Å². The molecule has 0 spiro atoms. The molecule has 0 saturated heterocycles. The van der Waals surface area contributed by atoms with Gasteiger partial charge in [-0.25, -0.2) is 9.97 Å². The van der Waals surface area contributed by atoms with Crippen LogP contribution < -0.4 is 4.74 Å². The summed E-state index contributed by atoms with van der Waals surface area (Å²) in [6.07, 6.45) is 3.54. The fourth-order valence-electron chi connectivity index (χ4n) is 2.52. The van der Waals surface area contributed by atoms with Crippen LogP contribution in [-0.2, 0) is 19.4 Å². The summed E-state index contributed by atoms with van der Waals surface area (Å²) in [4.78, 5) is 11.1. The molecule has 2 aromatic rings. The molecule has 0 radical (unpaired) electrons. The fourth-order valence-corrected chi connectivity index (χ4v) is 3.18. The van der Waals surface area contributed by atoms with Crippen LogP contribution in [-0.4, -0.2) is 35.1 Å². The largest absolute Gasteiger partial charge is 0.481 e. The third kappa shape index (κ3) is 2.77. The molecule has 0 unspecified atom stereocenters. The van der Waals surface area contributed by atoms with Gasteiger partial charge in [-0.05, 0) is 28.8 Å². The lowest BCUT2D eigenvalue weighted by molar-refractivity contribution is 0.278. The minimum atomic E-state index is 0.738. The molecule has 3 heterocycles. The van der Waals surface area contributed by atoms with Gasteiger partial charge in [-0.2, -0.15) is 11.3 Å². The van der Waals surface area contributed by atoms with Gasteiger partial charge < -0.3 is 4.74 Å². The van der Waals surface area contributed by atoms with Gasteiger partial charge in [0, 0.05) is 31.6 Å². The Bertz CT molecular complexity index is 542. The molecule has 3 rings (SSSR count). The van der Waals surface area contributed by atoms with Crippen molar-refractivity contribution in [2.75, 3.05) is 20.2 Å².